The van der Waals surface area contributed by atoms with Gasteiger partial charge in [-0.2, -0.15) is 0 Å². The van der Waals surface area contributed by atoms with Crippen LogP contribution in [0.25, 0.3) is 0 Å². The predicted molar refractivity (Wildman–Crippen MR) is 252 cm³/mol. The molecule has 0 aliphatic heterocycles. The number of allylic oxidation sites excluding steroid dienone is 8. The summed E-state index contributed by atoms with van der Waals surface area (Å²) >= 11 is 0. The predicted octanol–water partition coefficient (Wildman–Crippen LogP) is 9.21. The van der Waals surface area contributed by atoms with Gasteiger partial charge in [0.2, 0.25) is 0 Å². The molecule has 4 unspecified atom stereocenters. The maximum atomic E-state index is 11.0. The SMILES string of the molecule is CC/C=C/CCCCCOCC(O)CN(CCN(CC(O)COCCCCC/C=C/CC)CC(O)COCCCCC/C=C/CC)CC(O)COCCCCC/C=C/CC. The zero-order valence-corrected chi connectivity index (χ0v) is 39.3. The normalized spacial score (nSPS) is 14.6. The summed E-state index contributed by atoms with van der Waals surface area (Å²) in [5, 5.41) is 44.1. The van der Waals surface area contributed by atoms with E-state index in [2.05, 4.69) is 76.3 Å². The van der Waals surface area contributed by atoms with Crippen LogP contribution in [0.1, 0.15) is 156 Å². The Bertz CT molecular complexity index is 832. The Balaban J connectivity index is 5.30. The zero-order valence-electron chi connectivity index (χ0n) is 39.3. The molecule has 0 saturated heterocycles. The Morgan fingerprint density at radius 3 is 0.783 bits per heavy atom. The third-order valence-corrected chi connectivity index (χ3v) is 10.1. The summed E-state index contributed by atoms with van der Waals surface area (Å²) in [6.45, 7) is 14.3. The van der Waals surface area contributed by atoms with Crippen LogP contribution in [0.2, 0.25) is 0 Å². The highest BCUT2D eigenvalue weighted by atomic mass is 16.5. The van der Waals surface area contributed by atoms with Crippen molar-refractivity contribution in [3.63, 3.8) is 0 Å². The number of nitrogens with zero attached hydrogens (tertiary/aromatic N) is 2. The van der Waals surface area contributed by atoms with Crippen LogP contribution in [0.5, 0.6) is 0 Å². The fourth-order valence-electron chi connectivity index (χ4n) is 6.79. The molecule has 0 aromatic carbocycles. The largest absolute Gasteiger partial charge is 0.389 e. The summed E-state index contributed by atoms with van der Waals surface area (Å²) < 4.78 is 23.5. The standard InChI is InChI=1S/C50H96N2O8/c1-5-9-13-17-21-25-29-35-57-43-47(53)39-51(40-48(54)44-58-36-30-26-22-18-14-10-6-2)33-34-52(41-49(55)45-59-37-31-27-23-19-15-11-7-3)42-50(56)46-60-38-32-28-24-20-16-12-8-4/h9-16,47-50,53-56H,5-8,17-46H2,1-4H3/b13-9+,14-10+,15-11+,16-12+. The molecule has 0 amide bonds. The van der Waals surface area contributed by atoms with Crippen molar-refractivity contribution in [3.05, 3.63) is 48.6 Å². The molecule has 0 saturated carbocycles. The average Bonchev–Trinajstić information content (AvgIpc) is 3.23. The van der Waals surface area contributed by atoms with E-state index in [0.717, 1.165) is 128 Å². The van der Waals surface area contributed by atoms with E-state index in [0.29, 0.717) is 65.7 Å². The Morgan fingerprint density at radius 1 is 0.333 bits per heavy atom. The van der Waals surface area contributed by atoms with Crippen molar-refractivity contribution in [2.45, 2.75) is 181 Å². The summed E-state index contributed by atoms with van der Waals surface area (Å²) in [5.74, 6) is 0. The van der Waals surface area contributed by atoms with Gasteiger partial charge in [0.15, 0.2) is 0 Å². The number of rotatable bonds is 47. The van der Waals surface area contributed by atoms with Crippen molar-refractivity contribution >= 4 is 0 Å². The van der Waals surface area contributed by atoms with Gasteiger partial charge in [-0.15, -0.1) is 0 Å². The number of unbranched alkanes of at least 4 members (excludes halogenated alkanes) is 12. The van der Waals surface area contributed by atoms with Crippen molar-refractivity contribution in [3.8, 4) is 0 Å². The lowest BCUT2D eigenvalue weighted by atomic mass is 10.2. The molecule has 0 rings (SSSR count). The lowest BCUT2D eigenvalue weighted by Crippen LogP contribution is -2.47. The van der Waals surface area contributed by atoms with E-state index in [1.807, 2.05) is 9.80 Å². The van der Waals surface area contributed by atoms with Crippen molar-refractivity contribution in [1.29, 1.82) is 0 Å². The van der Waals surface area contributed by atoms with Gasteiger partial charge in [0.25, 0.3) is 0 Å². The van der Waals surface area contributed by atoms with Crippen molar-refractivity contribution in [2.75, 3.05) is 92.1 Å². The highest BCUT2D eigenvalue weighted by Gasteiger charge is 2.21. The maximum absolute atomic E-state index is 11.0. The molecule has 0 aliphatic rings. The molecule has 0 spiro atoms. The summed E-state index contributed by atoms with van der Waals surface area (Å²) in [6, 6.07) is 0. The lowest BCUT2D eigenvalue weighted by molar-refractivity contribution is -0.0244. The first-order chi connectivity index (χ1) is 29.4. The summed E-state index contributed by atoms with van der Waals surface area (Å²) in [7, 11) is 0. The minimum atomic E-state index is -0.718. The number of ether oxygens (including phenoxy) is 4. The minimum Gasteiger partial charge on any atom is -0.389 e. The number of aliphatic hydroxyl groups is 4. The lowest BCUT2D eigenvalue weighted by Gasteiger charge is -2.32. The fraction of sp³-hybridized carbons (Fsp3) is 0.840. The van der Waals surface area contributed by atoms with E-state index in [1.54, 1.807) is 0 Å². The van der Waals surface area contributed by atoms with Crippen molar-refractivity contribution < 1.29 is 39.4 Å². The van der Waals surface area contributed by atoms with Crippen LogP contribution in [0.15, 0.2) is 48.6 Å². The summed E-state index contributed by atoms with van der Waals surface area (Å²) in [4.78, 5) is 4.10. The highest BCUT2D eigenvalue weighted by molar-refractivity contribution is 4.82. The maximum Gasteiger partial charge on any atom is 0.0900 e. The molecule has 0 radical (unpaired) electrons. The first-order valence-electron chi connectivity index (χ1n) is 24.4. The van der Waals surface area contributed by atoms with Crippen LogP contribution in [0, 0.1) is 0 Å². The summed E-state index contributed by atoms with van der Waals surface area (Å²) in [5.41, 5.74) is 0. The van der Waals surface area contributed by atoms with E-state index in [9.17, 15) is 20.4 Å². The quantitative estimate of drug-likeness (QED) is 0.0348. The van der Waals surface area contributed by atoms with Crippen LogP contribution < -0.4 is 0 Å². The average molecular weight is 853 g/mol. The Morgan fingerprint density at radius 2 is 0.567 bits per heavy atom. The smallest absolute Gasteiger partial charge is 0.0900 e. The number of hydrogen-bond acceptors (Lipinski definition) is 10. The molecule has 0 heterocycles. The molecular weight excluding hydrogens is 757 g/mol. The van der Waals surface area contributed by atoms with Gasteiger partial charge < -0.3 is 39.4 Å². The van der Waals surface area contributed by atoms with Gasteiger partial charge in [-0.05, 0) is 103 Å². The highest BCUT2D eigenvalue weighted by Crippen LogP contribution is 2.08. The molecule has 0 aromatic heterocycles. The third kappa shape index (κ3) is 43.2. The van der Waals surface area contributed by atoms with Crippen LogP contribution in [0.4, 0.5) is 0 Å². The minimum absolute atomic E-state index is 0.229. The van der Waals surface area contributed by atoms with Crippen LogP contribution in [-0.4, -0.2) is 147 Å². The van der Waals surface area contributed by atoms with Gasteiger partial charge in [0.1, 0.15) is 0 Å². The second-order valence-electron chi connectivity index (χ2n) is 16.4. The molecule has 0 bridgehead atoms. The third-order valence-electron chi connectivity index (χ3n) is 10.1. The van der Waals surface area contributed by atoms with E-state index in [1.165, 1.54) is 0 Å². The Hall–Kier alpha value is -1.44. The Kier molecular flexibility index (Phi) is 45.9. The van der Waals surface area contributed by atoms with E-state index >= 15 is 0 Å². The van der Waals surface area contributed by atoms with Gasteiger partial charge >= 0.3 is 0 Å². The first kappa shape index (κ1) is 58.6. The molecule has 10 heteroatoms. The van der Waals surface area contributed by atoms with Crippen molar-refractivity contribution in [2.24, 2.45) is 0 Å². The first-order valence-corrected chi connectivity index (χ1v) is 24.4. The van der Waals surface area contributed by atoms with E-state index in [4.69, 9.17) is 18.9 Å². The van der Waals surface area contributed by atoms with Crippen LogP contribution in [-0.2, 0) is 18.9 Å². The molecule has 354 valence electrons. The monoisotopic (exact) mass is 853 g/mol. The van der Waals surface area contributed by atoms with Gasteiger partial charge in [-0.1, -0.05) is 102 Å². The topological polar surface area (TPSA) is 124 Å². The van der Waals surface area contributed by atoms with E-state index < -0.39 is 24.4 Å². The fourth-order valence-corrected chi connectivity index (χ4v) is 6.79. The molecule has 0 fully saturated rings. The van der Waals surface area contributed by atoms with Gasteiger partial charge in [-0.25, -0.2) is 0 Å². The molecule has 60 heavy (non-hydrogen) atoms. The van der Waals surface area contributed by atoms with Crippen LogP contribution >= 0.6 is 0 Å². The number of hydrogen-bond donors (Lipinski definition) is 4. The van der Waals surface area contributed by atoms with Gasteiger partial charge in [0.05, 0.1) is 50.8 Å². The zero-order chi connectivity index (χ0) is 44.0. The molecule has 4 atom stereocenters. The van der Waals surface area contributed by atoms with E-state index in [-0.39, 0.29) is 26.4 Å². The molecule has 4 N–H and O–H groups in total. The summed E-state index contributed by atoms with van der Waals surface area (Å²) in [6.07, 6.45) is 36.3. The molecular formula is C50H96N2O8. The molecule has 0 aromatic rings. The van der Waals surface area contributed by atoms with Gasteiger partial charge in [0, 0.05) is 65.7 Å². The second-order valence-corrected chi connectivity index (χ2v) is 16.4. The van der Waals surface area contributed by atoms with Crippen molar-refractivity contribution in [1.82, 2.24) is 9.80 Å². The molecule has 0 aliphatic carbocycles. The van der Waals surface area contributed by atoms with Crippen LogP contribution in [0.3, 0.4) is 0 Å². The Labute approximate surface area is 369 Å². The number of aliphatic hydroxyl groups excluding tert-OH is 4. The second kappa shape index (κ2) is 47.0. The molecule has 10 nitrogen and oxygen atoms in total. The van der Waals surface area contributed by atoms with Gasteiger partial charge in [-0.3, -0.25) is 9.80 Å².